The molecule has 0 aromatic carbocycles. The van der Waals surface area contributed by atoms with Crippen molar-refractivity contribution in [3.8, 4) is 23.4 Å². The predicted octanol–water partition coefficient (Wildman–Crippen LogP) is 2.14. The maximum Gasteiger partial charge on any atom is 0.395 e. The molecule has 192 valence electrons. The van der Waals surface area contributed by atoms with E-state index in [-0.39, 0.29) is 11.9 Å². The van der Waals surface area contributed by atoms with Crippen LogP contribution in [0.2, 0.25) is 5.02 Å². The van der Waals surface area contributed by atoms with Crippen molar-refractivity contribution in [1.82, 2.24) is 34.7 Å². The van der Waals surface area contributed by atoms with E-state index in [0.29, 0.717) is 34.0 Å². The van der Waals surface area contributed by atoms with Crippen molar-refractivity contribution >= 4 is 39.6 Å². The first-order valence-corrected chi connectivity index (χ1v) is 11.0. The molecule has 0 atom stereocenters. The summed E-state index contributed by atoms with van der Waals surface area (Å²) in [6, 6.07) is 5.48. The standard InChI is InChI=1S/C20H16ClN7O2.C2H4O5/c1-3-14-16(21)15-17(25-14)26-20(27-19(15)29-12-5-4-6-22-9-12)30-13-7-11-8-24-28(2)18(11)23-10-13;3-1(4)2(5,6)7/h4-10H,3H2,1-2H3,(H,25,26,27);5-7H,(H,3,4). The summed E-state index contributed by atoms with van der Waals surface area (Å²) < 4.78 is 13.5. The third-order valence-corrected chi connectivity index (χ3v) is 5.27. The van der Waals surface area contributed by atoms with E-state index in [4.69, 9.17) is 41.5 Å². The molecule has 14 nitrogen and oxygen atoms in total. The van der Waals surface area contributed by atoms with E-state index in [9.17, 15) is 4.79 Å². The molecule has 0 aliphatic heterocycles. The number of carboxylic acids is 1. The molecule has 0 saturated heterocycles. The summed E-state index contributed by atoms with van der Waals surface area (Å²) >= 11 is 6.54. The number of ether oxygens (including phenoxy) is 2. The number of carbonyl (C=O) groups is 1. The molecule has 0 amide bonds. The monoisotopic (exact) mass is 529 g/mol. The maximum absolute atomic E-state index is 9.27. The lowest BCUT2D eigenvalue weighted by Crippen LogP contribution is -2.37. The largest absolute Gasteiger partial charge is 0.475 e. The van der Waals surface area contributed by atoms with Gasteiger partial charge in [0.2, 0.25) is 5.88 Å². The van der Waals surface area contributed by atoms with Crippen LogP contribution in [0, 0.1) is 0 Å². The Balaban J connectivity index is 0.000000405. The fraction of sp³-hybridized carbons (Fsp3) is 0.182. The van der Waals surface area contributed by atoms with E-state index in [1.54, 1.807) is 41.6 Å². The number of fused-ring (bicyclic) bond motifs is 2. The zero-order valence-electron chi connectivity index (χ0n) is 19.3. The van der Waals surface area contributed by atoms with E-state index >= 15 is 0 Å². The lowest BCUT2D eigenvalue weighted by molar-refractivity contribution is -0.300. The number of halogens is 1. The van der Waals surface area contributed by atoms with Gasteiger partial charge in [-0.15, -0.1) is 0 Å². The van der Waals surface area contributed by atoms with Gasteiger partial charge in [-0.2, -0.15) is 15.1 Å². The second-order valence-corrected chi connectivity index (χ2v) is 7.87. The number of aliphatic hydroxyl groups is 3. The van der Waals surface area contributed by atoms with Crippen molar-refractivity contribution in [2.24, 2.45) is 7.05 Å². The molecule has 5 aromatic rings. The maximum atomic E-state index is 9.27. The van der Waals surface area contributed by atoms with Crippen LogP contribution in [-0.2, 0) is 18.3 Å². The molecule has 0 radical (unpaired) electrons. The number of aromatic nitrogens is 7. The summed E-state index contributed by atoms with van der Waals surface area (Å²) in [5, 5.41) is 36.5. The molecule has 15 heteroatoms. The van der Waals surface area contributed by atoms with Gasteiger partial charge in [-0.1, -0.05) is 18.5 Å². The van der Waals surface area contributed by atoms with Crippen LogP contribution >= 0.6 is 11.6 Å². The van der Waals surface area contributed by atoms with E-state index in [1.165, 1.54) is 0 Å². The van der Waals surface area contributed by atoms with Crippen LogP contribution in [0.15, 0.2) is 43.0 Å². The van der Waals surface area contributed by atoms with E-state index in [0.717, 1.165) is 16.7 Å². The minimum absolute atomic E-state index is 0.104. The molecule has 0 saturated carbocycles. The van der Waals surface area contributed by atoms with Gasteiger partial charge in [0, 0.05) is 24.3 Å². The molecule has 0 unspecified atom stereocenters. The molecule has 0 fully saturated rings. The zero-order chi connectivity index (χ0) is 26.7. The molecule has 5 aromatic heterocycles. The second kappa shape index (κ2) is 10.3. The van der Waals surface area contributed by atoms with Gasteiger partial charge in [0.25, 0.3) is 0 Å². The van der Waals surface area contributed by atoms with Gasteiger partial charge in [-0.05, 0) is 24.6 Å². The topological polar surface area (TPSA) is 202 Å². The van der Waals surface area contributed by atoms with Gasteiger partial charge in [-0.3, -0.25) is 9.67 Å². The number of rotatable bonds is 6. The number of hydrogen-bond acceptors (Lipinski definition) is 11. The van der Waals surface area contributed by atoms with E-state index in [2.05, 4.69) is 30.0 Å². The van der Waals surface area contributed by atoms with Crippen LogP contribution in [-0.4, -0.2) is 67.1 Å². The summed E-state index contributed by atoms with van der Waals surface area (Å²) in [5.41, 5.74) is 2.12. The predicted molar refractivity (Wildman–Crippen MR) is 128 cm³/mol. The average molecular weight is 530 g/mol. The summed E-state index contributed by atoms with van der Waals surface area (Å²) in [7, 11) is 1.83. The molecule has 0 aliphatic carbocycles. The average Bonchev–Trinajstić information content (AvgIpc) is 3.38. The number of hydrogen-bond donors (Lipinski definition) is 5. The fourth-order valence-corrected chi connectivity index (χ4v) is 3.48. The highest BCUT2D eigenvalue weighted by atomic mass is 35.5. The first-order chi connectivity index (χ1) is 17.6. The van der Waals surface area contributed by atoms with Crippen LogP contribution < -0.4 is 9.47 Å². The first-order valence-electron chi connectivity index (χ1n) is 10.6. The molecule has 0 bridgehead atoms. The minimum atomic E-state index is -3.58. The third-order valence-electron chi connectivity index (χ3n) is 4.85. The Labute approximate surface area is 212 Å². The zero-order valence-corrected chi connectivity index (χ0v) is 20.1. The first kappa shape index (κ1) is 25.7. The number of aryl methyl sites for hydroxylation is 2. The number of nitrogens with one attached hydrogen (secondary N) is 1. The summed E-state index contributed by atoms with van der Waals surface area (Å²) in [6.45, 7) is 2.00. The number of nitrogens with zero attached hydrogens (tertiary/aromatic N) is 6. The van der Waals surface area contributed by atoms with Crippen LogP contribution in [0.3, 0.4) is 0 Å². The van der Waals surface area contributed by atoms with Crippen molar-refractivity contribution in [1.29, 1.82) is 0 Å². The van der Waals surface area contributed by atoms with Gasteiger partial charge in [0.15, 0.2) is 5.65 Å². The van der Waals surface area contributed by atoms with Crippen LogP contribution in [0.4, 0.5) is 0 Å². The highest BCUT2D eigenvalue weighted by Gasteiger charge is 2.28. The van der Waals surface area contributed by atoms with Gasteiger partial charge in [0.1, 0.15) is 22.5 Å². The van der Waals surface area contributed by atoms with Crippen molar-refractivity contribution in [3.05, 3.63) is 53.7 Å². The molecule has 5 rings (SSSR count). The quantitative estimate of drug-likeness (QED) is 0.201. The number of aliphatic carboxylic acids is 1. The Hall–Kier alpha value is -4.37. The second-order valence-electron chi connectivity index (χ2n) is 7.49. The Morgan fingerprint density at radius 2 is 1.92 bits per heavy atom. The molecule has 5 heterocycles. The molecule has 37 heavy (non-hydrogen) atoms. The van der Waals surface area contributed by atoms with Gasteiger partial charge in [0.05, 0.1) is 23.6 Å². The lowest BCUT2D eigenvalue weighted by atomic mass is 10.3. The molecule has 0 aliphatic rings. The smallest absolute Gasteiger partial charge is 0.395 e. The SMILES string of the molecule is CCc1[nH]c2nc(Oc3cnc4c(cnn4C)c3)nc(Oc3cccnc3)c2c1Cl.O=C(O)C(O)(O)O. The molecule has 0 spiro atoms. The van der Waals surface area contributed by atoms with Crippen LogP contribution in [0.5, 0.6) is 23.4 Å². The Kier molecular flexibility index (Phi) is 7.17. The van der Waals surface area contributed by atoms with Crippen molar-refractivity contribution in [2.45, 2.75) is 19.3 Å². The third kappa shape index (κ3) is 5.73. The van der Waals surface area contributed by atoms with Gasteiger partial charge >= 0.3 is 18.0 Å². The molecule has 5 N–H and O–H groups in total. The number of pyridine rings is 2. The van der Waals surface area contributed by atoms with E-state index < -0.39 is 11.9 Å². The fourth-order valence-electron chi connectivity index (χ4n) is 3.12. The number of aromatic amines is 1. The Morgan fingerprint density at radius 3 is 2.57 bits per heavy atom. The van der Waals surface area contributed by atoms with E-state index in [1.807, 2.05) is 20.0 Å². The number of carboxylic acid groups (broad SMARTS) is 1. The lowest BCUT2D eigenvalue weighted by Gasteiger charge is -2.08. The Morgan fingerprint density at radius 1 is 1.16 bits per heavy atom. The normalized spacial score (nSPS) is 11.3. The molecular formula is C22H20ClN7O7. The molecular weight excluding hydrogens is 510 g/mol. The van der Waals surface area contributed by atoms with Gasteiger partial charge < -0.3 is 34.9 Å². The van der Waals surface area contributed by atoms with Crippen molar-refractivity contribution in [2.75, 3.05) is 0 Å². The highest BCUT2D eigenvalue weighted by Crippen LogP contribution is 2.37. The summed E-state index contributed by atoms with van der Waals surface area (Å²) in [5.74, 6) is -4.39. The number of H-pyrrole nitrogens is 1. The van der Waals surface area contributed by atoms with Crippen molar-refractivity contribution in [3.63, 3.8) is 0 Å². The van der Waals surface area contributed by atoms with Crippen LogP contribution in [0.25, 0.3) is 22.1 Å². The van der Waals surface area contributed by atoms with Crippen LogP contribution in [0.1, 0.15) is 12.6 Å². The van der Waals surface area contributed by atoms with Crippen molar-refractivity contribution < 1.29 is 34.7 Å². The summed E-state index contributed by atoms with van der Waals surface area (Å²) in [4.78, 5) is 29.8. The van der Waals surface area contributed by atoms with Gasteiger partial charge in [-0.25, -0.2) is 9.78 Å². The minimum Gasteiger partial charge on any atom is -0.475 e. The Bertz CT molecular complexity index is 1560. The summed E-state index contributed by atoms with van der Waals surface area (Å²) in [6.07, 6.45) is 7.28. The highest BCUT2D eigenvalue weighted by molar-refractivity contribution is 6.36.